The summed E-state index contributed by atoms with van der Waals surface area (Å²) in [5.41, 5.74) is 1.59. The van der Waals surface area contributed by atoms with Gasteiger partial charge in [-0.15, -0.1) is 11.3 Å². The van der Waals surface area contributed by atoms with Gasteiger partial charge in [0.25, 0.3) is 5.91 Å². The van der Waals surface area contributed by atoms with Gasteiger partial charge in [-0.25, -0.2) is 4.79 Å². The fourth-order valence-electron chi connectivity index (χ4n) is 2.74. The molecular formula is C21H24N2O5S. The van der Waals surface area contributed by atoms with Crippen molar-refractivity contribution in [2.75, 3.05) is 17.7 Å². The second-order valence-corrected chi connectivity index (χ2v) is 8.24. The lowest BCUT2D eigenvalue weighted by molar-refractivity contribution is -0.123. The van der Waals surface area contributed by atoms with Gasteiger partial charge in [0.2, 0.25) is 5.91 Å². The first kappa shape index (κ1) is 20.9. The number of ether oxygens (including phenoxy) is 2. The van der Waals surface area contributed by atoms with Crippen LogP contribution in [0.3, 0.4) is 0 Å². The van der Waals surface area contributed by atoms with Gasteiger partial charge in [0.15, 0.2) is 6.10 Å². The fourth-order valence-corrected chi connectivity index (χ4v) is 3.79. The minimum absolute atomic E-state index is 0.0224. The van der Waals surface area contributed by atoms with Gasteiger partial charge < -0.3 is 20.1 Å². The second-order valence-electron chi connectivity index (χ2n) is 7.02. The lowest BCUT2D eigenvalue weighted by Crippen LogP contribution is -2.30. The Labute approximate surface area is 173 Å². The summed E-state index contributed by atoms with van der Waals surface area (Å²) in [5, 5.41) is 6.01. The third kappa shape index (κ3) is 4.95. The van der Waals surface area contributed by atoms with Crippen LogP contribution in [-0.4, -0.2) is 31.0 Å². The lowest BCUT2D eigenvalue weighted by Gasteiger charge is -2.15. The standard InChI is InChI=1S/C21H24N2O5S/c1-11-13(3)29-20(23-19(25)14-8-9-14)17(11)21(26)28-12(2)18(24)22-15-6-5-7-16(10-15)27-4/h5-7,10,12,14H,8-9H2,1-4H3,(H,22,24)(H,23,25)/t12-/m0/s1. The van der Waals surface area contributed by atoms with Crippen molar-refractivity contribution in [3.05, 3.63) is 40.3 Å². The third-order valence-electron chi connectivity index (χ3n) is 4.76. The first-order chi connectivity index (χ1) is 13.8. The van der Waals surface area contributed by atoms with Gasteiger partial charge in [-0.3, -0.25) is 9.59 Å². The molecule has 1 saturated carbocycles. The van der Waals surface area contributed by atoms with Gasteiger partial charge in [0, 0.05) is 22.5 Å². The molecule has 1 aromatic carbocycles. The van der Waals surface area contributed by atoms with Crippen LogP contribution in [0.5, 0.6) is 5.75 Å². The van der Waals surface area contributed by atoms with Crippen LogP contribution >= 0.6 is 11.3 Å². The summed E-state index contributed by atoms with van der Waals surface area (Å²) in [7, 11) is 1.54. The number of amides is 2. The van der Waals surface area contributed by atoms with Crippen LogP contribution in [0.2, 0.25) is 0 Å². The maximum absolute atomic E-state index is 12.8. The smallest absolute Gasteiger partial charge is 0.342 e. The first-order valence-corrected chi connectivity index (χ1v) is 10.2. The molecule has 1 heterocycles. The molecule has 0 saturated heterocycles. The van der Waals surface area contributed by atoms with E-state index in [9.17, 15) is 14.4 Å². The highest BCUT2D eigenvalue weighted by atomic mass is 32.1. The summed E-state index contributed by atoms with van der Waals surface area (Å²) in [6.45, 7) is 5.18. The van der Waals surface area contributed by atoms with E-state index in [1.54, 1.807) is 31.2 Å². The topological polar surface area (TPSA) is 93.7 Å². The number of aryl methyl sites for hydroxylation is 1. The molecule has 1 aromatic heterocycles. The molecule has 1 fully saturated rings. The Bertz CT molecular complexity index is 949. The van der Waals surface area contributed by atoms with E-state index in [0.717, 1.165) is 23.3 Å². The van der Waals surface area contributed by atoms with Crippen molar-refractivity contribution in [3.8, 4) is 5.75 Å². The van der Waals surface area contributed by atoms with Crippen LogP contribution in [0, 0.1) is 19.8 Å². The van der Waals surface area contributed by atoms with Crippen molar-refractivity contribution < 1.29 is 23.9 Å². The highest BCUT2D eigenvalue weighted by molar-refractivity contribution is 7.16. The molecule has 1 aliphatic carbocycles. The zero-order valence-corrected chi connectivity index (χ0v) is 17.6. The second kappa shape index (κ2) is 8.65. The maximum Gasteiger partial charge on any atom is 0.342 e. The van der Waals surface area contributed by atoms with E-state index < -0.39 is 18.0 Å². The number of methoxy groups -OCH3 is 1. The van der Waals surface area contributed by atoms with Crippen molar-refractivity contribution >= 4 is 39.8 Å². The summed E-state index contributed by atoms with van der Waals surface area (Å²) in [6, 6.07) is 6.90. The van der Waals surface area contributed by atoms with Gasteiger partial charge in [-0.05, 0) is 51.3 Å². The van der Waals surface area contributed by atoms with Crippen molar-refractivity contribution in [2.24, 2.45) is 5.92 Å². The molecule has 2 amide bonds. The Hall–Kier alpha value is -2.87. The molecule has 0 spiro atoms. The normalized spacial score (nSPS) is 14.1. The number of nitrogens with one attached hydrogen (secondary N) is 2. The first-order valence-electron chi connectivity index (χ1n) is 9.37. The lowest BCUT2D eigenvalue weighted by atomic mass is 10.1. The van der Waals surface area contributed by atoms with Crippen LogP contribution in [0.15, 0.2) is 24.3 Å². The zero-order valence-electron chi connectivity index (χ0n) is 16.8. The van der Waals surface area contributed by atoms with Crippen molar-refractivity contribution in [3.63, 3.8) is 0 Å². The Balaban J connectivity index is 1.68. The van der Waals surface area contributed by atoms with Crippen LogP contribution in [0.4, 0.5) is 10.7 Å². The van der Waals surface area contributed by atoms with E-state index in [1.165, 1.54) is 25.4 Å². The zero-order chi connectivity index (χ0) is 21.1. The summed E-state index contributed by atoms with van der Waals surface area (Å²) >= 11 is 1.34. The van der Waals surface area contributed by atoms with Gasteiger partial charge in [-0.2, -0.15) is 0 Å². The van der Waals surface area contributed by atoms with Crippen LogP contribution in [0.1, 0.15) is 40.6 Å². The van der Waals surface area contributed by atoms with Crippen LogP contribution < -0.4 is 15.4 Å². The highest BCUT2D eigenvalue weighted by Crippen LogP contribution is 2.36. The molecule has 2 aromatic rings. The molecule has 0 unspecified atom stereocenters. The molecule has 0 bridgehead atoms. The minimum atomic E-state index is -1.01. The number of carbonyl (C=O) groups excluding carboxylic acids is 3. The van der Waals surface area contributed by atoms with Crippen molar-refractivity contribution in [2.45, 2.75) is 39.7 Å². The largest absolute Gasteiger partial charge is 0.497 e. The minimum Gasteiger partial charge on any atom is -0.497 e. The van der Waals surface area contributed by atoms with E-state index in [2.05, 4.69) is 10.6 Å². The number of anilines is 2. The average Bonchev–Trinajstić information content (AvgIpc) is 3.49. The Morgan fingerprint density at radius 3 is 2.55 bits per heavy atom. The Morgan fingerprint density at radius 1 is 1.17 bits per heavy atom. The van der Waals surface area contributed by atoms with Gasteiger partial charge in [0.1, 0.15) is 10.8 Å². The van der Waals surface area contributed by atoms with E-state index >= 15 is 0 Å². The summed E-state index contributed by atoms with van der Waals surface area (Å²) in [6.07, 6.45) is 0.729. The fraction of sp³-hybridized carbons (Fsp3) is 0.381. The molecule has 2 N–H and O–H groups in total. The third-order valence-corrected chi connectivity index (χ3v) is 5.89. The SMILES string of the molecule is COc1cccc(NC(=O)[C@H](C)OC(=O)c2c(NC(=O)C3CC3)sc(C)c2C)c1. The monoisotopic (exact) mass is 416 g/mol. The average molecular weight is 416 g/mol. The van der Waals surface area contributed by atoms with Gasteiger partial charge >= 0.3 is 5.97 Å². The van der Waals surface area contributed by atoms with E-state index in [1.807, 2.05) is 6.92 Å². The molecule has 0 aliphatic heterocycles. The highest BCUT2D eigenvalue weighted by Gasteiger charge is 2.32. The Morgan fingerprint density at radius 2 is 1.90 bits per heavy atom. The van der Waals surface area contributed by atoms with Crippen LogP contribution in [-0.2, 0) is 14.3 Å². The predicted octanol–water partition coefficient (Wildman–Crippen LogP) is 3.91. The van der Waals surface area contributed by atoms with Crippen molar-refractivity contribution in [1.29, 1.82) is 0 Å². The van der Waals surface area contributed by atoms with E-state index in [-0.39, 0.29) is 11.8 Å². The van der Waals surface area contributed by atoms with E-state index in [0.29, 0.717) is 22.0 Å². The predicted molar refractivity (Wildman–Crippen MR) is 112 cm³/mol. The molecule has 3 rings (SSSR count). The molecule has 154 valence electrons. The van der Waals surface area contributed by atoms with Gasteiger partial charge in [0.05, 0.1) is 12.7 Å². The number of rotatable bonds is 7. The number of hydrogen-bond acceptors (Lipinski definition) is 6. The quantitative estimate of drug-likeness (QED) is 0.668. The number of hydrogen-bond donors (Lipinski definition) is 2. The van der Waals surface area contributed by atoms with Crippen LogP contribution in [0.25, 0.3) is 0 Å². The molecule has 1 atom stereocenters. The number of carbonyl (C=O) groups is 3. The molecule has 8 heteroatoms. The molecule has 1 aliphatic rings. The van der Waals surface area contributed by atoms with Crippen molar-refractivity contribution in [1.82, 2.24) is 0 Å². The van der Waals surface area contributed by atoms with Gasteiger partial charge in [-0.1, -0.05) is 6.07 Å². The molecular weight excluding hydrogens is 392 g/mol. The summed E-state index contributed by atoms with van der Waals surface area (Å²) in [5.74, 6) is -0.544. The summed E-state index contributed by atoms with van der Waals surface area (Å²) < 4.78 is 10.5. The Kier molecular flexibility index (Phi) is 6.22. The molecule has 29 heavy (non-hydrogen) atoms. The maximum atomic E-state index is 12.8. The number of esters is 1. The molecule has 7 nitrogen and oxygen atoms in total. The number of benzene rings is 1. The number of thiophene rings is 1. The molecule has 0 radical (unpaired) electrons. The van der Waals surface area contributed by atoms with E-state index in [4.69, 9.17) is 9.47 Å². The summed E-state index contributed by atoms with van der Waals surface area (Å²) in [4.78, 5) is 38.2.